The third-order valence-electron chi connectivity index (χ3n) is 6.17. The molecule has 5 rings (SSSR count). The molecule has 1 fully saturated rings. The summed E-state index contributed by atoms with van der Waals surface area (Å²) < 4.78 is 21.1. The van der Waals surface area contributed by atoms with Crippen molar-refractivity contribution < 1.29 is 19.0 Å². The Bertz CT molecular complexity index is 1300. The number of fused-ring (bicyclic) bond motifs is 1. The Morgan fingerprint density at radius 1 is 1.09 bits per heavy atom. The number of hydrogen-bond acceptors (Lipinski definition) is 4. The summed E-state index contributed by atoms with van der Waals surface area (Å²) in [7, 11) is 0. The lowest BCUT2D eigenvalue weighted by Gasteiger charge is -2.19. The fourth-order valence-corrected chi connectivity index (χ4v) is 4.44. The predicted octanol–water partition coefficient (Wildman–Crippen LogP) is 4.44. The van der Waals surface area contributed by atoms with Gasteiger partial charge in [0.05, 0.1) is 17.6 Å². The molecule has 1 aliphatic heterocycles. The molecule has 3 aromatic carbocycles. The number of aliphatic hydroxyl groups excluding tert-OH is 1. The summed E-state index contributed by atoms with van der Waals surface area (Å²) in [6.07, 6.45) is -0.459. The number of anilines is 1. The maximum atomic E-state index is 13.3. The largest absolute Gasteiger partial charge is 0.491 e. The molecule has 6 nitrogen and oxygen atoms in total. The van der Waals surface area contributed by atoms with Crippen LogP contribution in [0.4, 0.5) is 10.1 Å². The highest BCUT2D eigenvalue weighted by Gasteiger charge is 2.35. The molecule has 0 aliphatic carbocycles. The van der Waals surface area contributed by atoms with Gasteiger partial charge in [0.15, 0.2) is 0 Å². The van der Waals surface area contributed by atoms with Gasteiger partial charge >= 0.3 is 0 Å². The van der Waals surface area contributed by atoms with Crippen molar-refractivity contribution in [3.8, 4) is 5.75 Å². The van der Waals surface area contributed by atoms with Crippen molar-refractivity contribution in [2.24, 2.45) is 0 Å². The Morgan fingerprint density at radius 3 is 2.59 bits per heavy atom. The van der Waals surface area contributed by atoms with Crippen LogP contribution in [0.25, 0.3) is 11.0 Å². The zero-order chi connectivity index (χ0) is 23.7. The first kappa shape index (κ1) is 22.1. The van der Waals surface area contributed by atoms with Gasteiger partial charge in [-0.25, -0.2) is 9.37 Å². The third kappa shape index (κ3) is 4.52. The Hall–Kier alpha value is -3.71. The van der Waals surface area contributed by atoms with Gasteiger partial charge in [-0.3, -0.25) is 4.79 Å². The van der Waals surface area contributed by atoms with E-state index in [9.17, 15) is 14.3 Å². The monoisotopic (exact) mass is 459 g/mol. The van der Waals surface area contributed by atoms with Gasteiger partial charge in [-0.1, -0.05) is 29.8 Å². The number of aliphatic hydroxyl groups is 1. The summed E-state index contributed by atoms with van der Waals surface area (Å²) in [5, 5.41) is 10.8. The van der Waals surface area contributed by atoms with Gasteiger partial charge < -0.3 is 19.3 Å². The zero-order valence-corrected chi connectivity index (χ0v) is 18.9. The molecule has 0 spiro atoms. The molecule has 7 heteroatoms. The van der Waals surface area contributed by atoms with E-state index in [-0.39, 0.29) is 24.2 Å². The number of carbonyl (C=O) groups is 1. The van der Waals surface area contributed by atoms with Gasteiger partial charge in [-0.15, -0.1) is 0 Å². The van der Waals surface area contributed by atoms with E-state index in [1.807, 2.05) is 60.0 Å². The van der Waals surface area contributed by atoms with E-state index in [1.165, 1.54) is 12.1 Å². The average molecular weight is 460 g/mol. The SMILES string of the molecule is Cc1ccc(OC[C@H](O)Cn2c([C@@H]3CC(=O)N(c4ccc(F)cc4)C3)nc3ccccc32)cc1. The molecule has 1 amide bonds. The number of aromatic nitrogens is 2. The number of benzene rings is 3. The van der Waals surface area contributed by atoms with E-state index in [0.29, 0.717) is 30.9 Å². The molecule has 34 heavy (non-hydrogen) atoms. The quantitative estimate of drug-likeness (QED) is 0.444. The highest BCUT2D eigenvalue weighted by Crippen LogP contribution is 2.33. The van der Waals surface area contributed by atoms with Crippen molar-refractivity contribution in [3.63, 3.8) is 0 Å². The zero-order valence-electron chi connectivity index (χ0n) is 18.9. The van der Waals surface area contributed by atoms with Crippen LogP contribution < -0.4 is 9.64 Å². The number of nitrogens with zero attached hydrogens (tertiary/aromatic N) is 3. The second-order valence-corrected chi connectivity index (χ2v) is 8.73. The van der Waals surface area contributed by atoms with Crippen molar-refractivity contribution in [3.05, 3.63) is 90.0 Å². The standard InChI is InChI=1S/C27H26FN3O3/c1-18-6-12-23(13-7-18)34-17-22(32)16-31-25-5-3-2-4-24(25)29-27(31)19-14-26(33)30(15-19)21-10-8-20(28)9-11-21/h2-13,19,22,32H,14-17H2,1H3/t19-,22-/m1/s1. The van der Waals surface area contributed by atoms with Gasteiger partial charge in [0.2, 0.25) is 5.91 Å². The minimum absolute atomic E-state index is 0.0292. The van der Waals surface area contributed by atoms with Crippen molar-refractivity contribution in [2.45, 2.75) is 31.9 Å². The van der Waals surface area contributed by atoms with Crippen LogP contribution in [0.3, 0.4) is 0 Å². The lowest BCUT2D eigenvalue weighted by Crippen LogP contribution is -2.26. The highest BCUT2D eigenvalue weighted by molar-refractivity contribution is 5.96. The number of rotatable bonds is 7. The van der Waals surface area contributed by atoms with E-state index in [0.717, 1.165) is 22.4 Å². The number of halogens is 1. The van der Waals surface area contributed by atoms with Crippen LogP contribution in [-0.2, 0) is 11.3 Å². The van der Waals surface area contributed by atoms with Crippen LogP contribution in [0.1, 0.15) is 23.7 Å². The molecule has 2 atom stereocenters. The molecule has 2 heterocycles. The first-order chi connectivity index (χ1) is 16.5. The molecular formula is C27H26FN3O3. The number of hydrogen-bond donors (Lipinski definition) is 1. The predicted molar refractivity (Wildman–Crippen MR) is 129 cm³/mol. The van der Waals surface area contributed by atoms with Crippen molar-refractivity contribution >= 4 is 22.6 Å². The van der Waals surface area contributed by atoms with Gasteiger partial charge in [0.25, 0.3) is 0 Å². The van der Waals surface area contributed by atoms with E-state index >= 15 is 0 Å². The number of carbonyl (C=O) groups excluding carboxylic acids is 1. The van der Waals surface area contributed by atoms with E-state index in [4.69, 9.17) is 9.72 Å². The van der Waals surface area contributed by atoms with Crippen molar-refractivity contribution in [2.75, 3.05) is 18.1 Å². The molecule has 174 valence electrons. The van der Waals surface area contributed by atoms with E-state index in [2.05, 4.69) is 0 Å². The molecule has 0 radical (unpaired) electrons. The molecular weight excluding hydrogens is 433 g/mol. The summed E-state index contributed by atoms with van der Waals surface area (Å²) in [4.78, 5) is 19.3. The first-order valence-corrected chi connectivity index (χ1v) is 11.4. The minimum atomic E-state index is -0.761. The summed E-state index contributed by atoms with van der Waals surface area (Å²) in [5.41, 5.74) is 3.53. The lowest BCUT2D eigenvalue weighted by molar-refractivity contribution is -0.117. The Balaban J connectivity index is 1.37. The summed E-state index contributed by atoms with van der Waals surface area (Å²) in [5.74, 6) is 0.953. The average Bonchev–Trinajstić information content (AvgIpc) is 3.40. The Labute approximate surface area is 197 Å². The van der Waals surface area contributed by atoms with E-state index < -0.39 is 6.10 Å². The summed E-state index contributed by atoms with van der Waals surface area (Å²) in [6, 6.07) is 21.4. The third-order valence-corrected chi connectivity index (χ3v) is 6.17. The molecule has 0 unspecified atom stereocenters. The number of para-hydroxylation sites is 2. The molecule has 1 N–H and O–H groups in total. The molecule has 1 aromatic heterocycles. The fraction of sp³-hybridized carbons (Fsp3) is 0.259. The van der Waals surface area contributed by atoms with Crippen LogP contribution in [0.5, 0.6) is 5.75 Å². The topological polar surface area (TPSA) is 67.6 Å². The maximum Gasteiger partial charge on any atom is 0.227 e. The lowest BCUT2D eigenvalue weighted by atomic mass is 10.1. The Kier molecular flexibility index (Phi) is 6.02. The van der Waals surface area contributed by atoms with E-state index in [1.54, 1.807) is 17.0 Å². The van der Waals surface area contributed by atoms with Gasteiger partial charge in [-0.05, 0) is 55.5 Å². The minimum Gasteiger partial charge on any atom is -0.491 e. The highest BCUT2D eigenvalue weighted by atomic mass is 19.1. The van der Waals surface area contributed by atoms with Crippen LogP contribution in [0.2, 0.25) is 0 Å². The number of amides is 1. The van der Waals surface area contributed by atoms with Crippen LogP contribution >= 0.6 is 0 Å². The second kappa shape index (κ2) is 9.27. The summed E-state index contributed by atoms with van der Waals surface area (Å²) >= 11 is 0. The smallest absolute Gasteiger partial charge is 0.227 e. The first-order valence-electron chi connectivity index (χ1n) is 11.4. The molecule has 0 bridgehead atoms. The molecule has 0 saturated carbocycles. The van der Waals surface area contributed by atoms with Gasteiger partial charge in [-0.2, -0.15) is 0 Å². The van der Waals surface area contributed by atoms with Gasteiger partial charge in [0, 0.05) is 24.6 Å². The number of aryl methyl sites for hydroxylation is 1. The van der Waals surface area contributed by atoms with Gasteiger partial charge in [0.1, 0.15) is 30.1 Å². The van der Waals surface area contributed by atoms with Crippen LogP contribution in [0, 0.1) is 12.7 Å². The fourth-order valence-electron chi connectivity index (χ4n) is 4.44. The van der Waals surface area contributed by atoms with Crippen molar-refractivity contribution in [1.29, 1.82) is 0 Å². The number of ether oxygens (including phenoxy) is 1. The maximum absolute atomic E-state index is 13.3. The van der Waals surface area contributed by atoms with Crippen molar-refractivity contribution in [1.82, 2.24) is 9.55 Å². The normalized spacial score (nSPS) is 16.9. The Morgan fingerprint density at radius 2 is 1.82 bits per heavy atom. The molecule has 1 aliphatic rings. The molecule has 4 aromatic rings. The van der Waals surface area contributed by atoms with Crippen LogP contribution in [0.15, 0.2) is 72.8 Å². The summed E-state index contributed by atoms with van der Waals surface area (Å²) in [6.45, 7) is 2.89. The van der Waals surface area contributed by atoms with Crippen LogP contribution in [-0.4, -0.2) is 39.8 Å². The number of imidazole rings is 1. The molecule has 1 saturated heterocycles. The second-order valence-electron chi connectivity index (χ2n) is 8.73.